The van der Waals surface area contributed by atoms with Crippen LogP contribution in [0.15, 0.2) is 43.1 Å². The summed E-state index contributed by atoms with van der Waals surface area (Å²) in [5, 5.41) is 7.51. The van der Waals surface area contributed by atoms with Crippen LogP contribution < -0.4 is 0 Å². The Hall–Kier alpha value is -2.70. The first kappa shape index (κ1) is 11.4. The van der Waals surface area contributed by atoms with Gasteiger partial charge < -0.3 is 0 Å². The largest absolute Gasteiger partial charge is 0.274 e. The van der Waals surface area contributed by atoms with Crippen LogP contribution in [0.25, 0.3) is 17.2 Å². The summed E-state index contributed by atoms with van der Waals surface area (Å²) in [6, 6.07) is 5.21. The molecule has 7 heteroatoms. The lowest BCUT2D eigenvalue weighted by molar-refractivity contribution is 0.569. The van der Waals surface area contributed by atoms with Gasteiger partial charge in [-0.25, -0.2) is 18.7 Å². The van der Waals surface area contributed by atoms with Gasteiger partial charge in [-0.15, -0.1) is 10.2 Å². The van der Waals surface area contributed by atoms with Gasteiger partial charge in [-0.05, 0) is 18.2 Å². The van der Waals surface area contributed by atoms with Crippen molar-refractivity contribution >= 4 is 0 Å². The highest BCUT2D eigenvalue weighted by Gasteiger charge is 2.16. The molecule has 3 aromatic rings. The number of nitrogens with zero attached hydrogens (tertiary/aromatic N) is 5. The van der Waals surface area contributed by atoms with Crippen molar-refractivity contribution in [1.29, 1.82) is 0 Å². The summed E-state index contributed by atoms with van der Waals surface area (Å²) >= 11 is 0. The van der Waals surface area contributed by atoms with E-state index < -0.39 is 11.6 Å². The maximum atomic E-state index is 13.8. The number of benzene rings is 1. The zero-order valence-corrected chi connectivity index (χ0v) is 9.53. The molecule has 0 aliphatic rings. The van der Waals surface area contributed by atoms with Gasteiger partial charge in [-0.3, -0.25) is 4.57 Å². The Balaban J connectivity index is 2.21. The monoisotopic (exact) mass is 259 g/mol. The maximum absolute atomic E-state index is 13.8. The minimum absolute atomic E-state index is 0.235. The number of hydrogen-bond acceptors (Lipinski definition) is 4. The smallest absolute Gasteiger partial charge is 0.187 e. The molecule has 5 nitrogen and oxygen atoms in total. The van der Waals surface area contributed by atoms with E-state index in [4.69, 9.17) is 0 Å². The molecule has 3 rings (SSSR count). The summed E-state index contributed by atoms with van der Waals surface area (Å²) in [7, 11) is 0. The number of rotatable bonds is 2. The summed E-state index contributed by atoms with van der Waals surface area (Å²) in [5.74, 6) is -1.16. The van der Waals surface area contributed by atoms with Crippen LogP contribution in [0.1, 0.15) is 0 Å². The molecule has 0 saturated heterocycles. The number of halogens is 2. The topological polar surface area (TPSA) is 56.5 Å². The molecule has 19 heavy (non-hydrogen) atoms. The zero-order chi connectivity index (χ0) is 13.2. The predicted molar refractivity (Wildman–Crippen MR) is 62.3 cm³/mol. The number of para-hydroxylation sites is 1. The van der Waals surface area contributed by atoms with Crippen LogP contribution in [-0.2, 0) is 0 Å². The summed E-state index contributed by atoms with van der Waals surface area (Å²) in [4.78, 5) is 7.76. The molecule has 0 spiro atoms. The van der Waals surface area contributed by atoms with Crippen molar-refractivity contribution in [2.45, 2.75) is 0 Å². The summed E-state index contributed by atoms with van der Waals surface area (Å²) < 4.78 is 28.7. The highest BCUT2D eigenvalue weighted by Crippen LogP contribution is 2.22. The van der Waals surface area contributed by atoms with E-state index in [1.165, 1.54) is 41.6 Å². The molecule has 0 atom stereocenters. The van der Waals surface area contributed by atoms with E-state index in [1.54, 1.807) is 6.07 Å². The van der Waals surface area contributed by atoms with Crippen LogP contribution in [0.5, 0.6) is 0 Å². The van der Waals surface area contributed by atoms with Crippen molar-refractivity contribution in [3.8, 4) is 17.2 Å². The van der Waals surface area contributed by atoms with Gasteiger partial charge in [-0.2, -0.15) is 0 Å². The second kappa shape index (κ2) is 4.52. The average molecular weight is 259 g/mol. The molecule has 2 aromatic heterocycles. The fourth-order valence-electron chi connectivity index (χ4n) is 1.72. The Kier molecular flexibility index (Phi) is 2.71. The van der Waals surface area contributed by atoms with Gasteiger partial charge in [0, 0.05) is 6.20 Å². The molecule has 0 bridgehead atoms. The molecule has 0 unspecified atom stereocenters. The molecule has 0 aliphatic carbocycles. The van der Waals surface area contributed by atoms with Crippen LogP contribution in [0.2, 0.25) is 0 Å². The lowest BCUT2D eigenvalue weighted by Crippen LogP contribution is -2.03. The maximum Gasteiger partial charge on any atom is 0.187 e. The van der Waals surface area contributed by atoms with Crippen LogP contribution in [0.3, 0.4) is 0 Å². The summed E-state index contributed by atoms with van der Waals surface area (Å²) in [5.41, 5.74) is 0.191. The normalized spacial score (nSPS) is 10.6. The Morgan fingerprint density at radius 1 is 1.05 bits per heavy atom. The minimum atomic E-state index is -0.699. The van der Waals surface area contributed by atoms with E-state index in [9.17, 15) is 8.78 Å². The van der Waals surface area contributed by atoms with Gasteiger partial charge in [0.05, 0.1) is 0 Å². The number of aromatic nitrogens is 5. The molecule has 0 N–H and O–H groups in total. The van der Waals surface area contributed by atoms with Gasteiger partial charge in [0.1, 0.15) is 35.7 Å². The molecule has 0 aliphatic heterocycles. The van der Waals surface area contributed by atoms with E-state index >= 15 is 0 Å². The average Bonchev–Trinajstić information content (AvgIpc) is 2.89. The Labute approximate surface area is 106 Å². The fourth-order valence-corrected chi connectivity index (χ4v) is 1.72. The van der Waals surface area contributed by atoms with E-state index in [0.29, 0.717) is 5.69 Å². The molecule has 2 heterocycles. The molecule has 0 fully saturated rings. The first-order valence-corrected chi connectivity index (χ1v) is 5.38. The second-order valence-electron chi connectivity index (χ2n) is 3.69. The molecule has 0 saturated carbocycles. The molecular weight excluding hydrogens is 252 g/mol. The van der Waals surface area contributed by atoms with Crippen molar-refractivity contribution in [3.05, 3.63) is 54.8 Å². The van der Waals surface area contributed by atoms with Crippen molar-refractivity contribution in [2.75, 3.05) is 0 Å². The second-order valence-corrected chi connectivity index (χ2v) is 3.69. The van der Waals surface area contributed by atoms with Crippen molar-refractivity contribution in [2.24, 2.45) is 0 Å². The Bertz CT molecular complexity index is 691. The highest BCUT2D eigenvalue weighted by atomic mass is 19.1. The highest BCUT2D eigenvalue weighted by molar-refractivity contribution is 5.53. The molecule has 94 valence electrons. The van der Waals surface area contributed by atoms with E-state index in [-0.39, 0.29) is 11.5 Å². The number of hydrogen-bond donors (Lipinski definition) is 0. The first-order chi connectivity index (χ1) is 9.27. The molecule has 0 amide bonds. The van der Waals surface area contributed by atoms with Gasteiger partial charge >= 0.3 is 0 Å². The Morgan fingerprint density at radius 3 is 2.53 bits per heavy atom. The standard InChI is InChI=1S/C12H7F2N5/c13-8-2-1-3-9(14)11(8)19-7-17-18-12(19)10-4-5-15-6-16-10/h1-7H. The van der Waals surface area contributed by atoms with E-state index in [1.807, 2.05) is 0 Å². The summed E-state index contributed by atoms with van der Waals surface area (Å²) in [6.45, 7) is 0. The lowest BCUT2D eigenvalue weighted by Gasteiger charge is -2.07. The van der Waals surface area contributed by atoms with Crippen LogP contribution in [-0.4, -0.2) is 24.7 Å². The third-order valence-electron chi connectivity index (χ3n) is 2.54. The fraction of sp³-hybridized carbons (Fsp3) is 0. The zero-order valence-electron chi connectivity index (χ0n) is 9.53. The van der Waals surface area contributed by atoms with Gasteiger partial charge in [0.15, 0.2) is 5.82 Å². The van der Waals surface area contributed by atoms with Gasteiger partial charge in [0.25, 0.3) is 0 Å². The van der Waals surface area contributed by atoms with Crippen molar-refractivity contribution in [1.82, 2.24) is 24.7 Å². The third kappa shape index (κ3) is 1.95. The molecule has 0 radical (unpaired) electrons. The van der Waals surface area contributed by atoms with Crippen molar-refractivity contribution in [3.63, 3.8) is 0 Å². The SMILES string of the molecule is Fc1cccc(F)c1-n1cnnc1-c1ccncn1. The summed E-state index contributed by atoms with van der Waals surface area (Å²) in [6.07, 6.45) is 4.07. The molecule has 1 aromatic carbocycles. The third-order valence-corrected chi connectivity index (χ3v) is 2.54. The first-order valence-electron chi connectivity index (χ1n) is 5.38. The minimum Gasteiger partial charge on any atom is -0.274 e. The van der Waals surface area contributed by atoms with Gasteiger partial charge in [0.2, 0.25) is 0 Å². The van der Waals surface area contributed by atoms with Gasteiger partial charge in [-0.1, -0.05) is 6.07 Å². The van der Waals surface area contributed by atoms with Crippen LogP contribution in [0, 0.1) is 11.6 Å². The van der Waals surface area contributed by atoms with Crippen molar-refractivity contribution < 1.29 is 8.78 Å². The quantitative estimate of drug-likeness (QED) is 0.706. The molecular formula is C12H7F2N5. The Morgan fingerprint density at radius 2 is 1.84 bits per heavy atom. The van der Waals surface area contributed by atoms with E-state index in [2.05, 4.69) is 20.2 Å². The van der Waals surface area contributed by atoms with Crippen LogP contribution in [0.4, 0.5) is 8.78 Å². The predicted octanol–water partition coefficient (Wildman–Crippen LogP) is 2.00. The van der Waals surface area contributed by atoms with Crippen LogP contribution >= 0.6 is 0 Å². The van der Waals surface area contributed by atoms with E-state index in [0.717, 1.165) is 0 Å². The lowest BCUT2D eigenvalue weighted by atomic mass is 10.2.